The van der Waals surface area contributed by atoms with Crippen molar-refractivity contribution in [2.24, 2.45) is 5.92 Å². The SMILES string of the molecule is O=C(O)c1csc(CC2CCS(=O)(=O)C2)n1. The van der Waals surface area contributed by atoms with Gasteiger partial charge in [0.1, 0.15) is 0 Å². The van der Waals surface area contributed by atoms with Gasteiger partial charge in [-0.25, -0.2) is 18.2 Å². The van der Waals surface area contributed by atoms with Gasteiger partial charge in [-0.1, -0.05) is 0 Å². The van der Waals surface area contributed by atoms with Gasteiger partial charge in [-0.2, -0.15) is 0 Å². The minimum absolute atomic E-state index is 0.0425. The summed E-state index contributed by atoms with van der Waals surface area (Å²) in [6.07, 6.45) is 1.22. The van der Waals surface area contributed by atoms with Gasteiger partial charge < -0.3 is 5.11 Å². The monoisotopic (exact) mass is 261 g/mol. The van der Waals surface area contributed by atoms with Crippen LogP contribution >= 0.6 is 11.3 Å². The Labute approximate surface area is 97.1 Å². The Balaban J connectivity index is 2.02. The van der Waals surface area contributed by atoms with Crippen LogP contribution in [0.2, 0.25) is 0 Å². The molecular weight excluding hydrogens is 250 g/mol. The third kappa shape index (κ3) is 2.59. The van der Waals surface area contributed by atoms with Crippen molar-refractivity contribution < 1.29 is 18.3 Å². The first kappa shape index (κ1) is 11.5. The first-order valence-corrected chi connectivity index (χ1v) is 7.54. The van der Waals surface area contributed by atoms with Crippen LogP contribution in [0.5, 0.6) is 0 Å². The lowest BCUT2D eigenvalue weighted by molar-refractivity contribution is 0.0691. The van der Waals surface area contributed by atoms with Gasteiger partial charge >= 0.3 is 5.97 Å². The minimum atomic E-state index is -2.86. The van der Waals surface area contributed by atoms with Crippen LogP contribution in [0.15, 0.2) is 5.38 Å². The normalized spacial score (nSPS) is 23.4. The summed E-state index contributed by atoms with van der Waals surface area (Å²) in [6.45, 7) is 0. The average Bonchev–Trinajstić information content (AvgIpc) is 2.73. The van der Waals surface area contributed by atoms with Crippen LogP contribution in [0.1, 0.15) is 21.9 Å². The minimum Gasteiger partial charge on any atom is -0.476 e. The molecule has 16 heavy (non-hydrogen) atoms. The van der Waals surface area contributed by atoms with Gasteiger partial charge in [0.2, 0.25) is 0 Å². The summed E-state index contributed by atoms with van der Waals surface area (Å²) in [5.41, 5.74) is 0.0425. The van der Waals surface area contributed by atoms with E-state index in [4.69, 9.17) is 5.11 Å². The molecule has 88 valence electrons. The number of carboxylic acid groups (broad SMARTS) is 1. The standard InChI is InChI=1S/C9H11NO4S2/c11-9(12)7-4-15-8(10-7)3-6-1-2-16(13,14)5-6/h4,6H,1-3,5H2,(H,11,12). The van der Waals surface area contributed by atoms with Gasteiger partial charge in [0.25, 0.3) is 0 Å². The van der Waals surface area contributed by atoms with E-state index in [1.165, 1.54) is 16.7 Å². The Morgan fingerprint density at radius 2 is 2.38 bits per heavy atom. The van der Waals surface area contributed by atoms with Crippen molar-refractivity contribution in [3.05, 3.63) is 16.1 Å². The largest absolute Gasteiger partial charge is 0.476 e. The van der Waals surface area contributed by atoms with Gasteiger partial charge in [-0.15, -0.1) is 11.3 Å². The molecule has 0 aromatic carbocycles. The van der Waals surface area contributed by atoms with E-state index in [2.05, 4.69) is 4.98 Å². The van der Waals surface area contributed by atoms with Crippen molar-refractivity contribution >= 4 is 27.1 Å². The molecule has 1 fully saturated rings. The van der Waals surface area contributed by atoms with Crippen LogP contribution in [0.25, 0.3) is 0 Å². The van der Waals surface area contributed by atoms with Crippen molar-refractivity contribution in [2.45, 2.75) is 12.8 Å². The molecule has 0 radical (unpaired) electrons. The number of nitrogens with zero attached hydrogens (tertiary/aromatic N) is 1. The molecule has 2 rings (SSSR count). The topological polar surface area (TPSA) is 84.3 Å². The molecule has 0 bridgehead atoms. The van der Waals surface area contributed by atoms with Crippen LogP contribution in [0.4, 0.5) is 0 Å². The molecule has 1 aromatic heterocycles. The molecule has 1 unspecified atom stereocenters. The summed E-state index contributed by atoms with van der Waals surface area (Å²) < 4.78 is 22.5. The highest BCUT2D eigenvalue weighted by Gasteiger charge is 2.28. The molecule has 2 heterocycles. The lowest BCUT2D eigenvalue weighted by atomic mass is 10.1. The Morgan fingerprint density at radius 1 is 1.62 bits per heavy atom. The summed E-state index contributed by atoms with van der Waals surface area (Å²) in [5, 5.41) is 10.9. The number of thiazole rings is 1. The molecule has 1 saturated heterocycles. The molecule has 1 aliphatic heterocycles. The van der Waals surface area contributed by atoms with E-state index in [0.717, 1.165) is 0 Å². The summed E-state index contributed by atoms with van der Waals surface area (Å²) in [6, 6.07) is 0. The number of hydrogen-bond acceptors (Lipinski definition) is 5. The fourth-order valence-electron chi connectivity index (χ4n) is 1.78. The van der Waals surface area contributed by atoms with Gasteiger partial charge in [-0.3, -0.25) is 0 Å². The molecular formula is C9H11NO4S2. The summed E-state index contributed by atoms with van der Waals surface area (Å²) in [7, 11) is -2.86. The van der Waals surface area contributed by atoms with Crippen LogP contribution in [0, 0.1) is 5.92 Å². The second kappa shape index (κ2) is 4.14. The number of hydrogen-bond donors (Lipinski definition) is 1. The molecule has 0 aliphatic carbocycles. The van der Waals surface area contributed by atoms with Crippen molar-refractivity contribution in [3.63, 3.8) is 0 Å². The van der Waals surface area contributed by atoms with Gasteiger partial charge in [0.05, 0.1) is 16.5 Å². The van der Waals surface area contributed by atoms with E-state index >= 15 is 0 Å². The summed E-state index contributed by atoms with van der Waals surface area (Å²) in [5.74, 6) is -0.497. The van der Waals surface area contributed by atoms with E-state index in [1.807, 2.05) is 0 Å². The first-order valence-electron chi connectivity index (χ1n) is 4.84. The quantitative estimate of drug-likeness (QED) is 0.870. The van der Waals surface area contributed by atoms with Gasteiger partial charge in [-0.05, 0) is 12.3 Å². The second-order valence-corrected chi connectivity index (χ2v) is 7.08. The molecule has 7 heteroatoms. The van der Waals surface area contributed by atoms with E-state index < -0.39 is 15.8 Å². The van der Waals surface area contributed by atoms with E-state index in [0.29, 0.717) is 17.8 Å². The van der Waals surface area contributed by atoms with Crippen molar-refractivity contribution in [3.8, 4) is 0 Å². The van der Waals surface area contributed by atoms with Crippen molar-refractivity contribution in [1.82, 2.24) is 4.98 Å². The summed E-state index contributed by atoms with van der Waals surface area (Å²) >= 11 is 1.28. The number of aromatic nitrogens is 1. The second-order valence-electron chi connectivity index (χ2n) is 3.90. The molecule has 1 atom stereocenters. The van der Waals surface area contributed by atoms with Gasteiger partial charge in [0, 0.05) is 11.8 Å². The lowest BCUT2D eigenvalue weighted by Crippen LogP contribution is -2.07. The van der Waals surface area contributed by atoms with Crippen LogP contribution in [0.3, 0.4) is 0 Å². The fourth-order valence-corrected chi connectivity index (χ4v) is 4.53. The zero-order valence-electron chi connectivity index (χ0n) is 8.42. The molecule has 1 aliphatic rings. The third-order valence-electron chi connectivity index (χ3n) is 2.56. The van der Waals surface area contributed by atoms with E-state index in [9.17, 15) is 13.2 Å². The number of sulfone groups is 1. The van der Waals surface area contributed by atoms with Crippen LogP contribution < -0.4 is 0 Å². The van der Waals surface area contributed by atoms with E-state index in [-0.39, 0.29) is 23.1 Å². The molecule has 0 saturated carbocycles. The molecule has 1 N–H and O–H groups in total. The number of aromatic carboxylic acids is 1. The Hall–Kier alpha value is -0.950. The van der Waals surface area contributed by atoms with Crippen molar-refractivity contribution in [2.75, 3.05) is 11.5 Å². The average molecular weight is 261 g/mol. The summed E-state index contributed by atoms with van der Waals surface area (Å²) in [4.78, 5) is 14.5. The Bertz CT molecular complexity index is 505. The maximum atomic E-state index is 11.2. The third-order valence-corrected chi connectivity index (χ3v) is 5.27. The zero-order chi connectivity index (χ0) is 11.8. The van der Waals surface area contributed by atoms with Crippen LogP contribution in [-0.2, 0) is 16.3 Å². The highest BCUT2D eigenvalue weighted by molar-refractivity contribution is 7.91. The maximum absolute atomic E-state index is 11.2. The Morgan fingerprint density at radius 3 is 2.88 bits per heavy atom. The fraction of sp³-hybridized carbons (Fsp3) is 0.556. The number of carboxylic acids is 1. The van der Waals surface area contributed by atoms with Crippen LogP contribution in [-0.4, -0.2) is 36.0 Å². The lowest BCUT2D eigenvalue weighted by Gasteiger charge is -2.02. The predicted molar refractivity (Wildman–Crippen MR) is 59.5 cm³/mol. The van der Waals surface area contributed by atoms with Gasteiger partial charge in [0.15, 0.2) is 15.5 Å². The first-order chi connectivity index (χ1) is 7.46. The maximum Gasteiger partial charge on any atom is 0.355 e. The molecule has 0 amide bonds. The van der Waals surface area contributed by atoms with E-state index in [1.54, 1.807) is 0 Å². The highest BCUT2D eigenvalue weighted by Crippen LogP contribution is 2.24. The smallest absolute Gasteiger partial charge is 0.355 e. The zero-order valence-corrected chi connectivity index (χ0v) is 10.1. The highest BCUT2D eigenvalue weighted by atomic mass is 32.2. The molecule has 5 nitrogen and oxygen atoms in total. The number of carbonyl (C=O) groups is 1. The Kier molecular flexibility index (Phi) is 2.98. The predicted octanol–water partition coefficient (Wildman–Crippen LogP) is 0.819. The number of rotatable bonds is 3. The van der Waals surface area contributed by atoms with Crippen molar-refractivity contribution in [1.29, 1.82) is 0 Å². The molecule has 1 aromatic rings. The molecule has 0 spiro atoms.